The molecule has 0 aliphatic carbocycles. The second-order valence-corrected chi connectivity index (χ2v) is 6.37. The van der Waals surface area contributed by atoms with Gasteiger partial charge in [0.05, 0.1) is 5.56 Å². The van der Waals surface area contributed by atoms with E-state index < -0.39 is 5.97 Å². The number of carbonyl (C=O) groups is 2. The van der Waals surface area contributed by atoms with Crippen LogP contribution >= 0.6 is 11.6 Å². The first kappa shape index (κ1) is 18.9. The molecule has 2 aromatic rings. The number of para-hydroxylation sites is 1. The van der Waals surface area contributed by atoms with Crippen molar-refractivity contribution in [2.75, 3.05) is 11.5 Å². The zero-order chi connectivity index (χ0) is 18.6. The first-order chi connectivity index (χ1) is 11.8. The fourth-order valence-corrected chi connectivity index (χ4v) is 2.98. The average molecular weight is 361 g/mol. The molecule has 0 unspecified atom stereocenters. The highest BCUT2D eigenvalue weighted by Gasteiger charge is 2.22. The van der Waals surface area contributed by atoms with Gasteiger partial charge in [-0.25, -0.2) is 9.78 Å². The van der Waals surface area contributed by atoms with Crippen LogP contribution in [0.2, 0.25) is 5.15 Å². The lowest BCUT2D eigenvalue weighted by Gasteiger charge is -2.26. The van der Waals surface area contributed by atoms with Crippen molar-refractivity contribution in [1.82, 2.24) is 4.98 Å². The summed E-state index contributed by atoms with van der Waals surface area (Å²) in [5, 5.41) is 0.0822. The Morgan fingerprint density at radius 1 is 1.20 bits per heavy atom. The molecular formula is C19H21ClN2O3. The number of rotatable bonds is 5. The Balaban J connectivity index is 2.12. The van der Waals surface area contributed by atoms with E-state index in [1.165, 1.54) is 0 Å². The molecule has 2 rings (SSSR count). The van der Waals surface area contributed by atoms with Gasteiger partial charge >= 0.3 is 5.97 Å². The third-order valence-corrected chi connectivity index (χ3v) is 3.92. The summed E-state index contributed by atoms with van der Waals surface area (Å²) < 4.78 is 5.19. The number of aryl methyl sites for hydroxylation is 2. The van der Waals surface area contributed by atoms with Crippen LogP contribution in [-0.4, -0.2) is 29.5 Å². The Morgan fingerprint density at radius 2 is 1.84 bits per heavy atom. The topological polar surface area (TPSA) is 59.5 Å². The zero-order valence-electron chi connectivity index (χ0n) is 14.7. The monoisotopic (exact) mass is 360 g/mol. The van der Waals surface area contributed by atoms with Crippen molar-refractivity contribution < 1.29 is 14.3 Å². The molecule has 1 aromatic heterocycles. The maximum Gasteiger partial charge on any atom is 0.342 e. The van der Waals surface area contributed by atoms with E-state index >= 15 is 0 Å². The van der Waals surface area contributed by atoms with Gasteiger partial charge in [0.1, 0.15) is 5.15 Å². The number of halogens is 1. The van der Waals surface area contributed by atoms with Crippen molar-refractivity contribution in [2.45, 2.75) is 33.7 Å². The minimum Gasteiger partial charge on any atom is -0.452 e. The molecule has 0 bridgehead atoms. The molecule has 132 valence electrons. The van der Waals surface area contributed by atoms with Crippen molar-refractivity contribution in [3.63, 3.8) is 0 Å². The Bertz CT molecular complexity index is 752. The van der Waals surface area contributed by atoms with Gasteiger partial charge in [0, 0.05) is 17.4 Å². The molecule has 0 aliphatic rings. The fraction of sp³-hybridized carbons (Fsp3) is 0.316. The van der Waals surface area contributed by atoms with Crippen LogP contribution in [-0.2, 0) is 9.53 Å². The maximum atomic E-state index is 12.5. The summed E-state index contributed by atoms with van der Waals surface area (Å²) in [5.74, 6) is -0.955. The molecule has 0 N–H and O–H groups in total. The second kappa shape index (κ2) is 8.12. The summed E-state index contributed by atoms with van der Waals surface area (Å²) in [6.45, 7) is 6.98. The minimum absolute atomic E-state index is 0.0695. The molecule has 0 aliphatic heterocycles. The van der Waals surface area contributed by atoms with Crippen LogP contribution in [0.4, 0.5) is 5.69 Å². The van der Waals surface area contributed by atoms with Crippen LogP contribution in [0.3, 0.4) is 0 Å². The number of esters is 1. The molecule has 1 aromatic carbocycles. The minimum atomic E-state index is -0.653. The highest BCUT2D eigenvalue weighted by molar-refractivity contribution is 6.32. The van der Waals surface area contributed by atoms with Gasteiger partial charge in [-0.2, -0.15) is 0 Å². The number of benzene rings is 1. The van der Waals surface area contributed by atoms with Gasteiger partial charge < -0.3 is 9.64 Å². The van der Waals surface area contributed by atoms with Gasteiger partial charge in [-0.1, -0.05) is 29.8 Å². The number of nitrogens with zero attached hydrogens (tertiary/aromatic N) is 2. The lowest BCUT2D eigenvalue weighted by atomic mass is 10.1. The molecule has 0 saturated heterocycles. The van der Waals surface area contributed by atoms with Gasteiger partial charge in [-0.3, -0.25) is 4.79 Å². The maximum absolute atomic E-state index is 12.5. The molecular weight excluding hydrogens is 340 g/mol. The largest absolute Gasteiger partial charge is 0.452 e. The number of aromatic nitrogens is 1. The molecule has 6 heteroatoms. The van der Waals surface area contributed by atoms with Gasteiger partial charge in [0.15, 0.2) is 6.61 Å². The van der Waals surface area contributed by atoms with E-state index in [4.69, 9.17) is 16.3 Å². The van der Waals surface area contributed by atoms with Crippen molar-refractivity contribution >= 4 is 29.2 Å². The van der Waals surface area contributed by atoms with Gasteiger partial charge in [-0.05, 0) is 51.5 Å². The fourth-order valence-electron chi connectivity index (χ4n) is 2.62. The van der Waals surface area contributed by atoms with E-state index in [-0.39, 0.29) is 29.3 Å². The van der Waals surface area contributed by atoms with Gasteiger partial charge in [0.25, 0.3) is 5.91 Å². The summed E-state index contributed by atoms with van der Waals surface area (Å²) in [5.41, 5.74) is 2.32. The number of hydrogen-bond acceptors (Lipinski definition) is 4. The summed E-state index contributed by atoms with van der Waals surface area (Å²) in [6, 6.07) is 10.9. The number of anilines is 1. The van der Waals surface area contributed by atoms with E-state index in [0.29, 0.717) is 11.3 Å². The first-order valence-corrected chi connectivity index (χ1v) is 8.37. The van der Waals surface area contributed by atoms with E-state index in [2.05, 4.69) is 4.98 Å². The molecule has 0 spiro atoms. The van der Waals surface area contributed by atoms with Crippen molar-refractivity contribution in [2.24, 2.45) is 0 Å². The molecule has 1 heterocycles. The molecule has 25 heavy (non-hydrogen) atoms. The van der Waals surface area contributed by atoms with Crippen molar-refractivity contribution in [1.29, 1.82) is 0 Å². The quantitative estimate of drug-likeness (QED) is 0.598. The third kappa shape index (κ3) is 4.57. The highest BCUT2D eigenvalue weighted by atomic mass is 35.5. The van der Waals surface area contributed by atoms with E-state index in [9.17, 15) is 9.59 Å². The summed E-state index contributed by atoms with van der Waals surface area (Å²) in [7, 11) is 0. The number of hydrogen-bond donors (Lipinski definition) is 0. The van der Waals surface area contributed by atoms with Gasteiger partial charge in [0.2, 0.25) is 0 Å². The SMILES string of the molecule is Cc1cc(C)c(C(=O)OCC(=O)N(c2ccccc2)C(C)C)c(Cl)n1. The summed E-state index contributed by atoms with van der Waals surface area (Å²) >= 11 is 6.05. The van der Waals surface area contributed by atoms with Crippen LogP contribution < -0.4 is 4.90 Å². The molecule has 5 nitrogen and oxygen atoms in total. The van der Waals surface area contributed by atoms with Crippen LogP contribution in [0.1, 0.15) is 35.5 Å². The normalized spacial score (nSPS) is 10.6. The summed E-state index contributed by atoms with van der Waals surface area (Å²) in [6.07, 6.45) is 0. The Labute approximate surface area is 152 Å². The lowest BCUT2D eigenvalue weighted by molar-refractivity contribution is -0.122. The predicted molar refractivity (Wildman–Crippen MR) is 98.1 cm³/mol. The Hall–Kier alpha value is -2.40. The Morgan fingerprint density at radius 3 is 2.40 bits per heavy atom. The molecule has 0 fully saturated rings. The van der Waals surface area contributed by atoms with E-state index in [1.807, 2.05) is 44.2 Å². The molecule has 0 saturated carbocycles. The number of ether oxygens (including phenoxy) is 1. The smallest absolute Gasteiger partial charge is 0.342 e. The third-order valence-electron chi connectivity index (χ3n) is 3.65. The zero-order valence-corrected chi connectivity index (χ0v) is 15.5. The van der Waals surface area contributed by atoms with Gasteiger partial charge in [-0.15, -0.1) is 0 Å². The van der Waals surface area contributed by atoms with E-state index in [0.717, 1.165) is 5.69 Å². The molecule has 0 radical (unpaired) electrons. The molecule has 0 atom stereocenters. The number of pyridine rings is 1. The van der Waals surface area contributed by atoms with Crippen LogP contribution in [0.15, 0.2) is 36.4 Å². The van der Waals surface area contributed by atoms with Crippen molar-refractivity contribution in [3.05, 3.63) is 58.4 Å². The predicted octanol–water partition coefficient (Wildman–Crippen LogP) is 3.95. The van der Waals surface area contributed by atoms with E-state index in [1.54, 1.807) is 24.8 Å². The second-order valence-electron chi connectivity index (χ2n) is 6.02. The highest BCUT2D eigenvalue weighted by Crippen LogP contribution is 2.20. The summed E-state index contributed by atoms with van der Waals surface area (Å²) in [4.78, 5) is 30.5. The number of amides is 1. The van der Waals surface area contributed by atoms with Crippen LogP contribution in [0.5, 0.6) is 0 Å². The number of carbonyl (C=O) groups excluding carboxylic acids is 2. The van der Waals surface area contributed by atoms with Crippen molar-refractivity contribution in [3.8, 4) is 0 Å². The standard InChI is InChI=1S/C19H21ClN2O3/c1-12(2)22(15-8-6-5-7-9-15)16(23)11-25-19(24)17-13(3)10-14(4)21-18(17)20/h5-10,12H,11H2,1-4H3. The first-order valence-electron chi connectivity index (χ1n) is 7.99. The van der Waals surface area contributed by atoms with Crippen LogP contribution in [0, 0.1) is 13.8 Å². The lowest BCUT2D eigenvalue weighted by Crippen LogP contribution is -2.40. The van der Waals surface area contributed by atoms with Crippen LogP contribution in [0.25, 0.3) is 0 Å². The molecule has 1 amide bonds. The Kier molecular flexibility index (Phi) is 6.15. The average Bonchev–Trinajstić information content (AvgIpc) is 2.52.